The van der Waals surface area contributed by atoms with Crippen molar-refractivity contribution in [3.63, 3.8) is 0 Å². The maximum atomic E-state index is 13.0. The van der Waals surface area contributed by atoms with Crippen LogP contribution in [0.15, 0.2) is 40.9 Å². The van der Waals surface area contributed by atoms with E-state index in [1.54, 1.807) is 18.2 Å². The van der Waals surface area contributed by atoms with Crippen molar-refractivity contribution in [1.29, 1.82) is 0 Å². The zero-order valence-electron chi connectivity index (χ0n) is 8.68. The van der Waals surface area contributed by atoms with Gasteiger partial charge in [0.2, 0.25) is 0 Å². The Hall–Kier alpha value is -1.62. The van der Waals surface area contributed by atoms with E-state index in [9.17, 15) is 8.78 Å². The first-order valence-corrected chi connectivity index (χ1v) is 5.62. The molecule has 0 fully saturated rings. The van der Waals surface area contributed by atoms with Crippen LogP contribution in [0.3, 0.4) is 0 Å². The molecule has 0 bridgehead atoms. The molecule has 0 spiro atoms. The lowest BCUT2D eigenvalue weighted by molar-refractivity contribution is 0.584. The van der Waals surface area contributed by atoms with Gasteiger partial charge in [0.05, 0.1) is 11.4 Å². The van der Waals surface area contributed by atoms with Crippen LogP contribution in [0.2, 0.25) is 0 Å². The van der Waals surface area contributed by atoms with Gasteiger partial charge in [0, 0.05) is 16.2 Å². The normalized spacial score (nSPS) is 10.3. The molecule has 0 aliphatic heterocycles. The number of hydrogen-bond acceptors (Lipinski definition) is 2. The first-order valence-electron chi connectivity index (χ1n) is 4.83. The average Bonchev–Trinajstić information content (AvgIpc) is 2.22. The van der Waals surface area contributed by atoms with E-state index in [1.165, 1.54) is 12.1 Å². The summed E-state index contributed by atoms with van der Waals surface area (Å²) in [7, 11) is 0. The van der Waals surface area contributed by atoms with Gasteiger partial charge in [-0.05, 0) is 30.3 Å². The van der Waals surface area contributed by atoms with E-state index >= 15 is 0 Å². The summed E-state index contributed by atoms with van der Waals surface area (Å²) in [5, 5.41) is 2.86. The number of nitrogens with one attached hydrogen (secondary N) is 1. The number of halogens is 3. The highest BCUT2D eigenvalue weighted by Crippen LogP contribution is 2.27. The summed E-state index contributed by atoms with van der Waals surface area (Å²) in [5.41, 5.74) is 7.14. The van der Waals surface area contributed by atoms with E-state index in [4.69, 9.17) is 5.73 Å². The molecule has 0 saturated carbocycles. The second kappa shape index (κ2) is 4.71. The van der Waals surface area contributed by atoms with Crippen LogP contribution in [0.5, 0.6) is 0 Å². The fourth-order valence-electron chi connectivity index (χ4n) is 1.42. The van der Waals surface area contributed by atoms with Crippen LogP contribution >= 0.6 is 15.9 Å². The second-order valence-corrected chi connectivity index (χ2v) is 4.43. The highest BCUT2D eigenvalue weighted by molar-refractivity contribution is 9.10. The van der Waals surface area contributed by atoms with E-state index in [1.807, 2.05) is 0 Å². The van der Waals surface area contributed by atoms with Gasteiger partial charge in [-0.15, -0.1) is 0 Å². The third-order valence-corrected chi connectivity index (χ3v) is 2.65. The van der Waals surface area contributed by atoms with Gasteiger partial charge in [-0.2, -0.15) is 0 Å². The zero-order chi connectivity index (χ0) is 12.4. The number of nitrogens with two attached hydrogens (primary N) is 1. The Labute approximate surface area is 106 Å². The van der Waals surface area contributed by atoms with Crippen molar-refractivity contribution in [2.24, 2.45) is 0 Å². The smallest absolute Gasteiger partial charge is 0.128 e. The van der Waals surface area contributed by atoms with Crippen molar-refractivity contribution in [2.45, 2.75) is 0 Å². The van der Waals surface area contributed by atoms with Gasteiger partial charge in [0.25, 0.3) is 0 Å². The SMILES string of the molecule is Nc1ccc(Br)cc1Nc1cc(F)cc(F)c1. The third-order valence-electron chi connectivity index (χ3n) is 2.16. The summed E-state index contributed by atoms with van der Waals surface area (Å²) in [5.74, 6) is -1.28. The average molecular weight is 299 g/mol. The quantitative estimate of drug-likeness (QED) is 0.821. The molecule has 0 heterocycles. The van der Waals surface area contributed by atoms with E-state index in [2.05, 4.69) is 21.2 Å². The molecule has 2 aromatic carbocycles. The minimum Gasteiger partial charge on any atom is -0.397 e. The van der Waals surface area contributed by atoms with E-state index in [-0.39, 0.29) is 0 Å². The van der Waals surface area contributed by atoms with E-state index < -0.39 is 11.6 Å². The third kappa shape index (κ3) is 2.94. The predicted molar refractivity (Wildman–Crippen MR) is 68.2 cm³/mol. The molecule has 0 unspecified atom stereocenters. The lowest BCUT2D eigenvalue weighted by Gasteiger charge is -2.10. The van der Waals surface area contributed by atoms with Crippen LogP contribution in [0.1, 0.15) is 0 Å². The van der Waals surface area contributed by atoms with Crippen LogP contribution < -0.4 is 11.1 Å². The van der Waals surface area contributed by atoms with Crippen molar-refractivity contribution >= 4 is 33.0 Å². The molecule has 17 heavy (non-hydrogen) atoms. The number of nitrogen functional groups attached to an aromatic ring is 1. The Morgan fingerprint density at radius 3 is 2.29 bits per heavy atom. The van der Waals surface area contributed by atoms with Crippen LogP contribution in [0.4, 0.5) is 25.8 Å². The van der Waals surface area contributed by atoms with Crippen LogP contribution in [-0.4, -0.2) is 0 Å². The standard InChI is InChI=1S/C12H9BrF2N2/c13-7-1-2-11(16)12(3-7)17-10-5-8(14)4-9(15)6-10/h1-6,17H,16H2. The molecule has 0 amide bonds. The molecule has 2 nitrogen and oxygen atoms in total. The molecular weight excluding hydrogens is 290 g/mol. The van der Waals surface area contributed by atoms with Gasteiger partial charge in [-0.3, -0.25) is 0 Å². The van der Waals surface area contributed by atoms with Crippen LogP contribution in [0.25, 0.3) is 0 Å². The molecule has 0 aliphatic rings. The summed E-state index contributed by atoms with van der Waals surface area (Å²) in [6.45, 7) is 0. The highest BCUT2D eigenvalue weighted by atomic mass is 79.9. The van der Waals surface area contributed by atoms with Crippen molar-refractivity contribution < 1.29 is 8.78 Å². The van der Waals surface area contributed by atoms with Gasteiger partial charge < -0.3 is 11.1 Å². The fourth-order valence-corrected chi connectivity index (χ4v) is 1.78. The summed E-state index contributed by atoms with van der Waals surface area (Å²) >= 11 is 3.29. The van der Waals surface area contributed by atoms with Crippen molar-refractivity contribution in [3.05, 3.63) is 52.5 Å². The molecule has 2 aromatic rings. The Kier molecular flexibility index (Phi) is 3.28. The first kappa shape index (κ1) is 11.9. The van der Waals surface area contributed by atoms with Crippen LogP contribution in [-0.2, 0) is 0 Å². The molecule has 0 atom stereocenters. The highest BCUT2D eigenvalue weighted by Gasteiger charge is 2.04. The maximum Gasteiger partial charge on any atom is 0.128 e. The second-order valence-electron chi connectivity index (χ2n) is 3.51. The maximum absolute atomic E-state index is 13.0. The Bertz CT molecular complexity index is 538. The molecular formula is C12H9BrF2N2. The topological polar surface area (TPSA) is 38.0 Å². The first-order chi connectivity index (χ1) is 8.04. The number of hydrogen-bond donors (Lipinski definition) is 2. The lowest BCUT2D eigenvalue weighted by Crippen LogP contribution is -1.97. The zero-order valence-corrected chi connectivity index (χ0v) is 10.3. The number of benzene rings is 2. The number of rotatable bonds is 2. The Morgan fingerprint density at radius 1 is 1.00 bits per heavy atom. The minimum absolute atomic E-state index is 0.312. The molecule has 88 valence electrons. The van der Waals surface area contributed by atoms with Crippen molar-refractivity contribution in [1.82, 2.24) is 0 Å². The van der Waals surface area contributed by atoms with E-state index in [0.29, 0.717) is 17.1 Å². The predicted octanol–water partition coefficient (Wildman–Crippen LogP) is 4.05. The summed E-state index contributed by atoms with van der Waals surface area (Å²) in [6.07, 6.45) is 0. The molecule has 0 aliphatic carbocycles. The lowest BCUT2D eigenvalue weighted by atomic mass is 10.2. The molecule has 0 saturated heterocycles. The van der Waals surface area contributed by atoms with Crippen LogP contribution in [0, 0.1) is 11.6 Å². The summed E-state index contributed by atoms with van der Waals surface area (Å²) < 4.78 is 26.8. The largest absolute Gasteiger partial charge is 0.397 e. The molecule has 0 aromatic heterocycles. The monoisotopic (exact) mass is 298 g/mol. The van der Waals surface area contributed by atoms with Gasteiger partial charge in [0.15, 0.2) is 0 Å². The van der Waals surface area contributed by atoms with Crippen molar-refractivity contribution in [2.75, 3.05) is 11.1 Å². The molecule has 0 radical (unpaired) electrons. The molecule has 2 rings (SSSR count). The van der Waals surface area contributed by atoms with Gasteiger partial charge >= 0.3 is 0 Å². The Morgan fingerprint density at radius 2 is 1.65 bits per heavy atom. The van der Waals surface area contributed by atoms with Crippen molar-refractivity contribution in [3.8, 4) is 0 Å². The molecule has 5 heteroatoms. The fraction of sp³-hybridized carbons (Fsp3) is 0. The minimum atomic E-state index is -0.638. The van der Waals surface area contributed by atoms with Gasteiger partial charge in [-0.25, -0.2) is 8.78 Å². The Balaban J connectivity index is 2.34. The number of anilines is 3. The van der Waals surface area contributed by atoms with E-state index in [0.717, 1.165) is 10.5 Å². The summed E-state index contributed by atoms with van der Waals surface area (Å²) in [4.78, 5) is 0. The van der Waals surface area contributed by atoms with Gasteiger partial charge in [0.1, 0.15) is 11.6 Å². The summed E-state index contributed by atoms with van der Waals surface area (Å²) in [6, 6.07) is 8.43. The molecule has 3 N–H and O–H groups in total. The van der Waals surface area contributed by atoms with Gasteiger partial charge in [-0.1, -0.05) is 15.9 Å².